The lowest BCUT2D eigenvalue weighted by molar-refractivity contribution is -0.131. The van der Waals surface area contributed by atoms with Crippen LogP contribution in [0.4, 0.5) is 0 Å². The van der Waals surface area contributed by atoms with Crippen LogP contribution in [0.1, 0.15) is 45.2 Å². The first-order valence-corrected chi connectivity index (χ1v) is 10.6. The number of fused-ring (bicyclic) bond motifs is 1. The molecule has 2 aromatic carbocycles. The summed E-state index contributed by atoms with van der Waals surface area (Å²) >= 11 is 0. The highest BCUT2D eigenvalue weighted by atomic mass is 16.2. The van der Waals surface area contributed by atoms with Gasteiger partial charge in [-0.15, -0.1) is 0 Å². The molecule has 6 heteroatoms. The predicted molar refractivity (Wildman–Crippen MR) is 118 cm³/mol. The maximum absolute atomic E-state index is 13.2. The van der Waals surface area contributed by atoms with Crippen molar-refractivity contribution in [2.24, 2.45) is 0 Å². The van der Waals surface area contributed by atoms with Gasteiger partial charge in [-0.3, -0.25) is 9.59 Å². The number of benzene rings is 2. The highest BCUT2D eigenvalue weighted by Crippen LogP contribution is 2.21. The van der Waals surface area contributed by atoms with Gasteiger partial charge in [0.1, 0.15) is 6.33 Å². The van der Waals surface area contributed by atoms with E-state index >= 15 is 0 Å². The fraction of sp³-hybridized carbons (Fsp3) is 0.280. The summed E-state index contributed by atoms with van der Waals surface area (Å²) in [6, 6.07) is 16.7. The second-order valence-corrected chi connectivity index (χ2v) is 7.88. The SMILES string of the molecule is Cc1ccc(C(=O)NC(CC(=O)N2CCc3cncnc3CC2)c2ccccc2)cc1. The van der Waals surface area contributed by atoms with E-state index < -0.39 is 6.04 Å². The molecule has 0 spiro atoms. The molecule has 0 saturated carbocycles. The first-order valence-electron chi connectivity index (χ1n) is 10.6. The van der Waals surface area contributed by atoms with Gasteiger partial charge < -0.3 is 10.2 Å². The minimum Gasteiger partial charge on any atom is -0.345 e. The lowest BCUT2D eigenvalue weighted by Gasteiger charge is -2.25. The Morgan fingerprint density at radius 1 is 1.03 bits per heavy atom. The van der Waals surface area contributed by atoms with E-state index in [1.165, 1.54) is 0 Å². The highest BCUT2D eigenvalue weighted by molar-refractivity contribution is 5.94. The molecule has 0 aliphatic carbocycles. The van der Waals surface area contributed by atoms with Crippen LogP contribution in [-0.4, -0.2) is 39.8 Å². The molecule has 1 aliphatic heterocycles. The summed E-state index contributed by atoms with van der Waals surface area (Å²) in [6.45, 7) is 3.24. The molecule has 1 N–H and O–H groups in total. The summed E-state index contributed by atoms with van der Waals surface area (Å²) in [6.07, 6.45) is 5.07. The Bertz CT molecular complexity index is 1020. The van der Waals surface area contributed by atoms with Gasteiger partial charge in [-0.25, -0.2) is 9.97 Å². The molecular formula is C25H26N4O2. The van der Waals surface area contributed by atoms with Crippen LogP contribution in [0.2, 0.25) is 0 Å². The number of rotatable bonds is 5. The molecule has 0 radical (unpaired) electrons. The van der Waals surface area contributed by atoms with Crippen molar-refractivity contribution < 1.29 is 9.59 Å². The van der Waals surface area contributed by atoms with E-state index in [0.717, 1.165) is 35.2 Å². The second kappa shape index (κ2) is 9.51. The summed E-state index contributed by atoms with van der Waals surface area (Å²) in [7, 11) is 0. The molecule has 1 atom stereocenters. The van der Waals surface area contributed by atoms with Gasteiger partial charge >= 0.3 is 0 Å². The van der Waals surface area contributed by atoms with Crippen LogP contribution in [0.15, 0.2) is 67.1 Å². The number of carbonyl (C=O) groups is 2. The summed E-state index contributed by atoms with van der Waals surface area (Å²) in [4.78, 5) is 36.4. The van der Waals surface area contributed by atoms with Crippen LogP contribution >= 0.6 is 0 Å². The zero-order chi connectivity index (χ0) is 21.6. The topological polar surface area (TPSA) is 75.2 Å². The Balaban J connectivity index is 1.48. The van der Waals surface area contributed by atoms with Gasteiger partial charge in [0.15, 0.2) is 0 Å². The number of aromatic nitrogens is 2. The minimum atomic E-state index is -0.395. The van der Waals surface area contributed by atoms with Crippen molar-refractivity contribution in [3.05, 3.63) is 95.1 Å². The lowest BCUT2D eigenvalue weighted by Crippen LogP contribution is -2.37. The van der Waals surface area contributed by atoms with Gasteiger partial charge in [-0.2, -0.15) is 0 Å². The van der Waals surface area contributed by atoms with E-state index in [0.29, 0.717) is 18.7 Å². The Morgan fingerprint density at radius 2 is 1.77 bits per heavy atom. The van der Waals surface area contributed by atoms with E-state index in [9.17, 15) is 9.59 Å². The molecule has 1 unspecified atom stereocenters. The number of hydrogen-bond acceptors (Lipinski definition) is 4. The van der Waals surface area contributed by atoms with Crippen molar-refractivity contribution in [3.63, 3.8) is 0 Å². The molecule has 6 nitrogen and oxygen atoms in total. The van der Waals surface area contributed by atoms with Crippen molar-refractivity contribution in [1.29, 1.82) is 0 Å². The van der Waals surface area contributed by atoms with E-state index in [2.05, 4.69) is 15.3 Å². The van der Waals surface area contributed by atoms with Crippen molar-refractivity contribution in [2.45, 2.75) is 32.2 Å². The molecule has 1 aliphatic rings. The Kier molecular flexibility index (Phi) is 6.36. The Labute approximate surface area is 182 Å². The van der Waals surface area contributed by atoms with E-state index in [1.807, 2.05) is 72.6 Å². The molecule has 0 fully saturated rings. The summed E-state index contributed by atoms with van der Waals surface area (Å²) in [5, 5.41) is 3.06. The molecule has 0 saturated heterocycles. The zero-order valence-corrected chi connectivity index (χ0v) is 17.6. The third-order valence-corrected chi connectivity index (χ3v) is 5.70. The predicted octanol–water partition coefficient (Wildman–Crippen LogP) is 3.27. The molecule has 0 bridgehead atoms. The normalized spacial score (nSPS) is 14.3. The number of nitrogens with one attached hydrogen (secondary N) is 1. The van der Waals surface area contributed by atoms with Crippen LogP contribution in [0.25, 0.3) is 0 Å². The monoisotopic (exact) mass is 414 g/mol. The van der Waals surface area contributed by atoms with Crippen LogP contribution in [0.3, 0.4) is 0 Å². The second-order valence-electron chi connectivity index (χ2n) is 7.88. The molecule has 2 heterocycles. The van der Waals surface area contributed by atoms with Crippen LogP contribution < -0.4 is 5.32 Å². The number of carbonyl (C=O) groups excluding carboxylic acids is 2. The Hall–Kier alpha value is -3.54. The molecule has 2 amide bonds. The largest absolute Gasteiger partial charge is 0.345 e. The third-order valence-electron chi connectivity index (χ3n) is 5.70. The van der Waals surface area contributed by atoms with Gasteiger partial charge in [0.05, 0.1) is 12.5 Å². The lowest BCUT2D eigenvalue weighted by atomic mass is 10.0. The van der Waals surface area contributed by atoms with Crippen molar-refractivity contribution in [3.8, 4) is 0 Å². The average molecular weight is 415 g/mol. The Morgan fingerprint density at radius 3 is 2.55 bits per heavy atom. The first kappa shape index (κ1) is 20.7. The van der Waals surface area contributed by atoms with Gasteiger partial charge in [-0.1, -0.05) is 48.0 Å². The summed E-state index contributed by atoms with van der Waals surface area (Å²) in [5.74, 6) is -0.154. The van der Waals surface area contributed by atoms with E-state index in [-0.39, 0.29) is 18.2 Å². The smallest absolute Gasteiger partial charge is 0.251 e. The summed E-state index contributed by atoms with van der Waals surface area (Å²) < 4.78 is 0. The maximum Gasteiger partial charge on any atom is 0.251 e. The standard InChI is InChI=1S/C25H26N4O2/c1-18-7-9-20(10-8-18)25(31)28-23(19-5-3-2-4-6-19)15-24(30)29-13-11-21-16-26-17-27-22(21)12-14-29/h2-10,16-17,23H,11-15H2,1H3,(H,28,31). The average Bonchev–Trinajstić information content (AvgIpc) is 3.02. The molecule has 31 heavy (non-hydrogen) atoms. The number of aryl methyl sites for hydroxylation is 1. The van der Waals surface area contributed by atoms with Crippen molar-refractivity contribution in [1.82, 2.24) is 20.2 Å². The van der Waals surface area contributed by atoms with E-state index in [4.69, 9.17) is 0 Å². The molecule has 158 valence electrons. The minimum absolute atomic E-state index is 0.0267. The maximum atomic E-state index is 13.2. The molecule has 4 rings (SSSR count). The summed E-state index contributed by atoms with van der Waals surface area (Å²) in [5.41, 5.74) is 4.71. The highest BCUT2D eigenvalue weighted by Gasteiger charge is 2.24. The van der Waals surface area contributed by atoms with Gasteiger partial charge in [0, 0.05) is 37.0 Å². The fourth-order valence-electron chi connectivity index (χ4n) is 3.86. The van der Waals surface area contributed by atoms with Gasteiger partial charge in [-0.05, 0) is 36.6 Å². The first-order chi connectivity index (χ1) is 15.1. The molecule has 1 aromatic heterocycles. The number of hydrogen-bond donors (Lipinski definition) is 1. The number of amides is 2. The van der Waals surface area contributed by atoms with Crippen LogP contribution in [0, 0.1) is 6.92 Å². The zero-order valence-electron chi connectivity index (χ0n) is 17.6. The quantitative estimate of drug-likeness (QED) is 0.695. The van der Waals surface area contributed by atoms with Crippen molar-refractivity contribution >= 4 is 11.8 Å². The van der Waals surface area contributed by atoms with Gasteiger partial charge in [0.25, 0.3) is 5.91 Å². The molecule has 3 aromatic rings. The van der Waals surface area contributed by atoms with Crippen molar-refractivity contribution in [2.75, 3.05) is 13.1 Å². The van der Waals surface area contributed by atoms with Crippen LogP contribution in [0.5, 0.6) is 0 Å². The third kappa shape index (κ3) is 5.15. The van der Waals surface area contributed by atoms with Gasteiger partial charge in [0.2, 0.25) is 5.91 Å². The fourth-order valence-corrected chi connectivity index (χ4v) is 3.86. The molecular weight excluding hydrogens is 388 g/mol. The van der Waals surface area contributed by atoms with E-state index in [1.54, 1.807) is 6.33 Å². The van der Waals surface area contributed by atoms with Crippen LogP contribution in [-0.2, 0) is 17.6 Å². The number of nitrogens with zero attached hydrogens (tertiary/aromatic N) is 3.